The minimum absolute atomic E-state index is 0.00230. The Kier molecular flexibility index (Phi) is 9.25. The lowest BCUT2D eigenvalue weighted by Crippen LogP contribution is -2.35. The molecule has 5 heteroatoms. The normalized spacial score (nSPS) is 17.3. The molecule has 114 valence electrons. The van der Waals surface area contributed by atoms with Gasteiger partial charge in [0.1, 0.15) is 6.61 Å². The smallest absolute Gasteiger partial charge is 0.231 e. The molecule has 1 atom stereocenters. The summed E-state index contributed by atoms with van der Waals surface area (Å²) in [6.45, 7) is 6.44. The number of nitrogens with zero attached hydrogens (tertiary/aromatic N) is 1. The van der Waals surface area contributed by atoms with Crippen LogP contribution in [-0.4, -0.2) is 62.8 Å². The van der Waals surface area contributed by atoms with Crippen molar-refractivity contribution in [2.45, 2.75) is 32.2 Å². The molecular weight excluding hydrogens is 256 g/mol. The van der Waals surface area contributed by atoms with Crippen molar-refractivity contribution >= 4 is 5.78 Å². The van der Waals surface area contributed by atoms with E-state index in [2.05, 4.69) is 16.7 Å². The monoisotopic (exact) mass is 282 g/mol. The summed E-state index contributed by atoms with van der Waals surface area (Å²) >= 11 is 0. The van der Waals surface area contributed by atoms with Gasteiger partial charge in [0.25, 0.3) is 0 Å². The predicted molar refractivity (Wildman–Crippen MR) is 78.4 cm³/mol. The third kappa shape index (κ3) is 8.28. The Hall–Kier alpha value is -0.930. The summed E-state index contributed by atoms with van der Waals surface area (Å²) in [6, 6.07) is -0.196. The van der Waals surface area contributed by atoms with Crippen LogP contribution < -0.4 is 5.73 Å². The molecule has 1 aliphatic heterocycles. The molecule has 0 aromatic heterocycles. The summed E-state index contributed by atoms with van der Waals surface area (Å²) in [5.41, 5.74) is 5.84. The zero-order valence-corrected chi connectivity index (χ0v) is 12.4. The molecule has 20 heavy (non-hydrogen) atoms. The van der Waals surface area contributed by atoms with E-state index in [4.69, 9.17) is 15.2 Å². The highest BCUT2D eigenvalue weighted by atomic mass is 16.5. The first-order valence-corrected chi connectivity index (χ1v) is 7.31. The number of ketones is 1. The molecule has 0 saturated carbocycles. The highest BCUT2D eigenvalue weighted by Gasteiger charge is 2.10. The van der Waals surface area contributed by atoms with Crippen molar-refractivity contribution in [3.05, 3.63) is 0 Å². The molecule has 1 unspecified atom stereocenters. The van der Waals surface area contributed by atoms with E-state index in [1.165, 1.54) is 32.4 Å². The summed E-state index contributed by atoms with van der Waals surface area (Å²) < 4.78 is 10.7. The van der Waals surface area contributed by atoms with Gasteiger partial charge in [-0.1, -0.05) is 12.3 Å². The Morgan fingerprint density at radius 2 is 1.95 bits per heavy atom. The molecule has 0 amide bonds. The number of Topliss-reactive ketones (excluding diaryl/α,β-unsaturated/α-hetero) is 1. The first-order chi connectivity index (χ1) is 9.72. The fourth-order valence-corrected chi connectivity index (χ4v) is 2.14. The van der Waals surface area contributed by atoms with Gasteiger partial charge in [-0.15, -0.1) is 0 Å². The molecule has 1 saturated heterocycles. The van der Waals surface area contributed by atoms with E-state index in [1.807, 2.05) is 0 Å². The van der Waals surface area contributed by atoms with Gasteiger partial charge >= 0.3 is 0 Å². The molecule has 0 spiro atoms. The molecule has 2 N–H and O–H groups in total. The molecule has 0 aromatic rings. The maximum atomic E-state index is 11.1. The number of carbonyl (C=O) groups excluding carboxylic acids is 1. The summed E-state index contributed by atoms with van der Waals surface area (Å²) in [5.74, 6) is 4.74. The first kappa shape index (κ1) is 17.1. The first-order valence-electron chi connectivity index (χ1n) is 7.31. The Bertz CT molecular complexity index is 330. The SMILES string of the molecule is CC#CC(=O)COCC(N)COCCN1CCCCC1. The molecule has 0 radical (unpaired) electrons. The second-order valence-electron chi connectivity index (χ2n) is 5.05. The second kappa shape index (κ2) is 10.8. The van der Waals surface area contributed by atoms with Gasteiger partial charge < -0.3 is 20.1 Å². The van der Waals surface area contributed by atoms with E-state index in [-0.39, 0.29) is 18.4 Å². The summed E-state index contributed by atoms with van der Waals surface area (Å²) in [6.07, 6.45) is 3.94. The third-order valence-corrected chi connectivity index (χ3v) is 3.16. The van der Waals surface area contributed by atoms with Crippen molar-refractivity contribution in [2.24, 2.45) is 5.73 Å². The van der Waals surface area contributed by atoms with E-state index in [1.54, 1.807) is 6.92 Å². The van der Waals surface area contributed by atoms with Gasteiger partial charge in [0.2, 0.25) is 5.78 Å². The minimum atomic E-state index is -0.217. The maximum Gasteiger partial charge on any atom is 0.231 e. The molecule has 1 rings (SSSR count). The number of hydrogen-bond donors (Lipinski definition) is 1. The zero-order valence-electron chi connectivity index (χ0n) is 12.4. The minimum Gasteiger partial charge on any atom is -0.378 e. The van der Waals surface area contributed by atoms with Crippen LogP contribution in [0.25, 0.3) is 0 Å². The lowest BCUT2D eigenvalue weighted by molar-refractivity contribution is -0.118. The van der Waals surface area contributed by atoms with E-state index in [0.717, 1.165) is 6.54 Å². The van der Waals surface area contributed by atoms with Gasteiger partial charge in [-0.3, -0.25) is 4.79 Å². The number of piperidine rings is 1. The fourth-order valence-electron chi connectivity index (χ4n) is 2.14. The molecular formula is C15H26N2O3. The highest BCUT2D eigenvalue weighted by Crippen LogP contribution is 2.07. The second-order valence-corrected chi connectivity index (χ2v) is 5.05. The standard InChI is InChI=1S/C15H26N2O3/c1-2-6-15(18)13-20-12-14(16)11-19-10-9-17-7-4-3-5-8-17/h14H,3-5,7-13,16H2,1H3. The Labute approximate surface area is 121 Å². The van der Waals surface area contributed by atoms with E-state index >= 15 is 0 Å². The molecule has 1 heterocycles. The molecule has 0 aromatic carbocycles. The van der Waals surface area contributed by atoms with Crippen molar-refractivity contribution in [3.63, 3.8) is 0 Å². The zero-order chi connectivity index (χ0) is 14.6. The molecule has 0 aliphatic carbocycles. The Balaban J connectivity index is 1.95. The van der Waals surface area contributed by atoms with E-state index in [9.17, 15) is 4.79 Å². The van der Waals surface area contributed by atoms with Crippen molar-refractivity contribution < 1.29 is 14.3 Å². The van der Waals surface area contributed by atoms with Crippen molar-refractivity contribution in [3.8, 4) is 11.8 Å². The van der Waals surface area contributed by atoms with Crippen LogP contribution in [0.4, 0.5) is 0 Å². The number of rotatable bonds is 9. The van der Waals surface area contributed by atoms with Gasteiger partial charge in [-0.2, -0.15) is 0 Å². The lowest BCUT2D eigenvalue weighted by atomic mass is 10.1. The van der Waals surface area contributed by atoms with Gasteiger partial charge in [0.15, 0.2) is 0 Å². The van der Waals surface area contributed by atoms with E-state index in [0.29, 0.717) is 19.8 Å². The van der Waals surface area contributed by atoms with Gasteiger partial charge in [-0.05, 0) is 38.8 Å². The topological polar surface area (TPSA) is 64.8 Å². The van der Waals surface area contributed by atoms with Crippen LogP contribution in [0.5, 0.6) is 0 Å². The van der Waals surface area contributed by atoms with Crippen molar-refractivity contribution in [1.82, 2.24) is 4.90 Å². The third-order valence-electron chi connectivity index (χ3n) is 3.16. The van der Waals surface area contributed by atoms with Crippen LogP contribution in [0, 0.1) is 11.8 Å². The average molecular weight is 282 g/mol. The summed E-state index contributed by atoms with van der Waals surface area (Å²) in [5, 5.41) is 0. The van der Waals surface area contributed by atoms with Crippen LogP contribution in [0.15, 0.2) is 0 Å². The van der Waals surface area contributed by atoms with E-state index < -0.39 is 0 Å². The quantitative estimate of drug-likeness (QED) is 0.377. The molecule has 1 aliphatic rings. The van der Waals surface area contributed by atoms with Crippen LogP contribution in [-0.2, 0) is 14.3 Å². The van der Waals surface area contributed by atoms with Crippen molar-refractivity contribution in [2.75, 3.05) is 46.1 Å². The largest absolute Gasteiger partial charge is 0.378 e. The van der Waals surface area contributed by atoms with Gasteiger partial charge in [0, 0.05) is 6.54 Å². The highest BCUT2D eigenvalue weighted by molar-refractivity contribution is 5.96. The van der Waals surface area contributed by atoms with Crippen LogP contribution in [0.1, 0.15) is 26.2 Å². The van der Waals surface area contributed by atoms with Gasteiger partial charge in [0.05, 0.1) is 25.9 Å². The average Bonchev–Trinajstić information content (AvgIpc) is 2.45. The summed E-state index contributed by atoms with van der Waals surface area (Å²) in [4.78, 5) is 13.5. The van der Waals surface area contributed by atoms with Crippen LogP contribution in [0.3, 0.4) is 0 Å². The Morgan fingerprint density at radius 3 is 2.65 bits per heavy atom. The number of carbonyl (C=O) groups is 1. The molecule has 0 bridgehead atoms. The maximum absolute atomic E-state index is 11.1. The fraction of sp³-hybridized carbons (Fsp3) is 0.800. The number of nitrogens with two attached hydrogens (primary N) is 1. The molecule has 5 nitrogen and oxygen atoms in total. The molecule has 1 fully saturated rings. The van der Waals surface area contributed by atoms with Crippen molar-refractivity contribution in [1.29, 1.82) is 0 Å². The van der Waals surface area contributed by atoms with Crippen LogP contribution >= 0.6 is 0 Å². The predicted octanol–water partition coefficient (Wildman–Crippen LogP) is 0.425. The van der Waals surface area contributed by atoms with Crippen LogP contribution in [0.2, 0.25) is 0 Å². The Morgan fingerprint density at radius 1 is 1.25 bits per heavy atom. The lowest BCUT2D eigenvalue weighted by Gasteiger charge is -2.26. The number of likely N-dealkylation sites (tertiary alicyclic amines) is 1. The number of hydrogen-bond acceptors (Lipinski definition) is 5. The van der Waals surface area contributed by atoms with Gasteiger partial charge in [-0.25, -0.2) is 0 Å². The summed E-state index contributed by atoms with van der Waals surface area (Å²) in [7, 11) is 0. The number of ether oxygens (including phenoxy) is 2.